The van der Waals surface area contributed by atoms with Gasteiger partial charge in [-0.05, 0) is 55.8 Å². The van der Waals surface area contributed by atoms with Crippen LogP contribution in [-0.2, 0) is 16.6 Å². The van der Waals surface area contributed by atoms with Crippen molar-refractivity contribution >= 4 is 10.0 Å². The van der Waals surface area contributed by atoms with Crippen LogP contribution < -0.4 is 10.0 Å². The summed E-state index contributed by atoms with van der Waals surface area (Å²) >= 11 is 0. The van der Waals surface area contributed by atoms with E-state index in [9.17, 15) is 8.42 Å². The molecule has 1 aliphatic carbocycles. The summed E-state index contributed by atoms with van der Waals surface area (Å²) in [5, 5.41) is 3.21. The maximum absolute atomic E-state index is 12.5. The third kappa shape index (κ3) is 4.80. The molecule has 0 bridgehead atoms. The van der Waals surface area contributed by atoms with Gasteiger partial charge in [0.1, 0.15) is 0 Å². The molecule has 1 aromatic rings. The monoisotopic (exact) mass is 310 g/mol. The van der Waals surface area contributed by atoms with Gasteiger partial charge in [0, 0.05) is 12.6 Å². The highest BCUT2D eigenvalue weighted by Crippen LogP contribution is 2.24. The minimum Gasteiger partial charge on any atom is -0.313 e. The van der Waals surface area contributed by atoms with Gasteiger partial charge in [-0.3, -0.25) is 0 Å². The first kappa shape index (κ1) is 16.5. The van der Waals surface area contributed by atoms with Crippen LogP contribution in [0, 0.1) is 5.92 Å². The van der Waals surface area contributed by atoms with E-state index in [2.05, 4.69) is 17.0 Å². The van der Waals surface area contributed by atoms with Crippen molar-refractivity contribution in [3.8, 4) is 0 Å². The molecule has 0 aliphatic heterocycles. The molecule has 0 heterocycles. The topological polar surface area (TPSA) is 58.2 Å². The second-order valence-corrected chi connectivity index (χ2v) is 7.72. The predicted octanol–water partition coefficient (Wildman–Crippen LogP) is 2.65. The maximum Gasteiger partial charge on any atom is 0.240 e. The third-order valence-corrected chi connectivity index (χ3v) is 5.64. The lowest BCUT2D eigenvalue weighted by Gasteiger charge is -2.26. The van der Waals surface area contributed by atoms with Crippen LogP contribution in [0.2, 0.25) is 0 Å². The summed E-state index contributed by atoms with van der Waals surface area (Å²) < 4.78 is 27.8. The van der Waals surface area contributed by atoms with Crippen molar-refractivity contribution in [3.63, 3.8) is 0 Å². The molecule has 0 radical (unpaired) electrons. The molecule has 0 unspecified atom stereocenters. The fraction of sp³-hybridized carbons (Fsp3) is 0.625. The van der Waals surface area contributed by atoms with E-state index in [0.29, 0.717) is 17.4 Å². The van der Waals surface area contributed by atoms with Crippen LogP contribution in [0.3, 0.4) is 0 Å². The van der Waals surface area contributed by atoms with Gasteiger partial charge in [-0.15, -0.1) is 0 Å². The molecular formula is C16H26N2O2S. The number of nitrogens with one attached hydrogen (secondary N) is 2. The molecule has 5 heteroatoms. The number of hydrogen-bond acceptors (Lipinski definition) is 3. The molecule has 1 fully saturated rings. The SMILES string of the molecule is CCNCc1cccc(S(=O)(=O)NC2CCC(C)CC2)c1. The zero-order valence-corrected chi connectivity index (χ0v) is 13.7. The Morgan fingerprint density at radius 1 is 1.19 bits per heavy atom. The first-order valence-electron chi connectivity index (χ1n) is 7.83. The number of hydrogen-bond donors (Lipinski definition) is 2. The van der Waals surface area contributed by atoms with E-state index < -0.39 is 10.0 Å². The van der Waals surface area contributed by atoms with E-state index in [1.807, 2.05) is 19.1 Å². The summed E-state index contributed by atoms with van der Waals surface area (Å²) in [5.41, 5.74) is 0.997. The summed E-state index contributed by atoms with van der Waals surface area (Å²) in [7, 11) is -3.40. The van der Waals surface area contributed by atoms with Crippen molar-refractivity contribution in [1.82, 2.24) is 10.0 Å². The summed E-state index contributed by atoms with van der Waals surface area (Å²) in [4.78, 5) is 0.372. The molecule has 1 aromatic carbocycles. The fourth-order valence-electron chi connectivity index (χ4n) is 2.76. The molecule has 21 heavy (non-hydrogen) atoms. The lowest BCUT2D eigenvalue weighted by atomic mass is 9.88. The molecule has 0 saturated heterocycles. The number of rotatable bonds is 6. The van der Waals surface area contributed by atoms with Crippen LogP contribution in [0.5, 0.6) is 0 Å². The normalized spacial score (nSPS) is 23.1. The fourth-order valence-corrected chi connectivity index (χ4v) is 4.13. The van der Waals surface area contributed by atoms with E-state index in [4.69, 9.17) is 0 Å². The van der Waals surface area contributed by atoms with Crippen molar-refractivity contribution in [2.45, 2.75) is 57.0 Å². The van der Waals surface area contributed by atoms with E-state index in [1.54, 1.807) is 12.1 Å². The molecule has 0 atom stereocenters. The first-order valence-corrected chi connectivity index (χ1v) is 9.31. The Kier molecular flexibility index (Phi) is 5.79. The predicted molar refractivity (Wildman–Crippen MR) is 85.6 cm³/mol. The molecule has 4 nitrogen and oxygen atoms in total. The summed E-state index contributed by atoms with van der Waals surface area (Å²) in [6.45, 7) is 5.83. The average molecular weight is 310 g/mol. The quantitative estimate of drug-likeness (QED) is 0.849. The molecule has 2 rings (SSSR count). The molecule has 0 spiro atoms. The van der Waals surface area contributed by atoms with Gasteiger partial charge >= 0.3 is 0 Å². The highest BCUT2D eigenvalue weighted by atomic mass is 32.2. The molecule has 0 aromatic heterocycles. The maximum atomic E-state index is 12.5. The first-order chi connectivity index (χ1) is 10.0. The Bertz CT molecular complexity index is 549. The van der Waals surface area contributed by atoms with Crippen molar-refractivity contribution < 1.29 is 8.42 Å². The van der Waals surface area contributed by atoms with Crippen LogP contribution in [0.4, 0.5) is 0 Å². The molecule has 1 aliphatic rings. The van der Waals surface area contributed by atoms with Crippen LogP contribution >= 0.6 is 0 Å². The zero-order valence-electron chi connectivity index (χ0n) is 12.9. The Labute approximate surface area is 128 Å². The summed E-state index contributed by atoms with van der Waals surface area (Å²) in [5.74, 6) is 0.717. The number of benzene rings is 1. The van der Waals surface area contributed by atoms with Crippen LogP contribution in [0.1, 0.15) is 45.1 Å². The van der Waals surface area contributed by atoms with E-state index in [1.165, 1.54) is 0 Å². The lowest BCUT2D eigenvalue weighted by molar-refractivity contribution is 0.332. The van der Waals surface area contributed by atoms with Crippen LogP contribution in [0.25, 0.3) is 0 Å². The van der Waals surface area contributed by atoms with Crippen molar-refractivity contribution in [2.75, 3.05) is 6.54 Å². The Morgan fingerprint density at radius 2 is 1.90 bits per heavy atom. The number of sulfonamides is 1. The van der Waals surface area contributed by atoms with Gasteiger partial charge in [-0.2, -0.15) is 0 Å². The van der Waals surface area contributed by atoms with Gasteiger partial charge in [0.05, 0.1) is 4.90 Å². The summed E-state index contributed by atoms with van der Waals surface area (Å²) in [6, 6.07) is 7.28. The van der Waals surface area contributed by atoms with Gasteiger partial charge in [0.15, 0.2) is 0 Å². The zero-order chi connectivity index (χ0) is 15.3. The van der Waals surface area contributed by atoms with Crippen molar-refractivity contribution in [3.05, 3.63) is 29.8 Å². The summed E-state index contributed by atoms with van der Waals surface area (Å²) in [6.07, 6.45) is 4.09. The van der Waals surface area contributed by atoms with Gasteiger partial charge in [0.25, 0.3) is 0 Å². The minimum absolute atomic E-state index is 0.0867. The van der Waals surface area contributed by atoms with Gasteiger partial charge < -0.3 is 5.32 Å². The second-order valence-electron chi connectivity index (χ2n) is 6.01. The van der Waals surface area contributed by atoms with Gasteiger partial charge in [-0.25, -0.2) is 13.1 Å². The molecule has 0 amide bonds. The van der Waals surface area contributed by atoms with E-state index in [-0.39, 0.29) is 6.04 Å². The van der Waals surface area contributed by atoms with Gasteiger partial charge in [0.2, 0.25) is 10.0 Å². The van der Waals surface area contributed by atoms with Crippen LogP contribution in [0.15, 0.2) is 29.2 Å². The third-order valence-electron chi connectivity index (χ3n) is 4.13. The second kappa shape index (κ2) is 7.38. The van der Waals surface area contributed by atoms with Gasteiger partial charge in [-0.1, -0.05) is 26.0 Å². The smallest absolute Gasteiger partial charge is 0.240 e. The van der Waals surface area contributed by atoms with Crippen molar-refractivity contribution in [1.29, 1.82) is 0 Å². The average Bonchev–Trinajstić information content (AvgIpc) is 2.48. The van der Waals surface area contributed by atoms with Crippen LogP contribution in [-0.4, -0.2) is 21.0 Å². The Morgan fingerprint density at radius 3 is 2.57 bits per heavy atom. The minimum atomic E-state index is -3.40. The Hall–Kier alpha value is -0.910. The molecular weight excluding hydrogens is 284 g/mol. The van der Waals surface area contributed by atoms with E-state index in [0.717, 1.165) is 37.8 Å². The Balaban J connectivity index is 2.05. The van der Waals surface area contributed by atoms with E-state index >= 15 is 0 Å². The lowest BCUT2D eigenvalue weighted by Crippen LogP contribution is -2.37. The standard InChI is InChI=1S/C16H26N2O2S/c1-3-17-12-14-5-4-6-16(11-14)21(19,20)18-15-9-7-13(2)8-10-15/h4-6,11,13,15,17-18H,3,7-10,12H2,1-2H3. The molecule has 2 N–H and O–H groups in total. The molecule has 118 valence electrons. The van der Waals surface area contributed by atoms with Crippen molar-refractivity contribution in [2.24, 2.45) is 5.92 Å². The highest BCUT2D eigenvalue weighted by molar-refractivity contribution is 7.89. The molecule has 1 saturated carbocycles. The highest BCUT2D eigenvalue weighted by Gasteiger charge is 2.24. The largest absolute Gasteiger partial charge is 0.313 e.